The number of nitrogens with two attached hydrogens (primary N) is 1. The highest BCUT2D eigenvalue weighted by Gasteiger charge is 2.35. The van der Waals surface area contributed by atoms with E-state index in [1.165, 1.54) is 0 Å². The smallest absolute Gasteiger partial charge is 0.223 e. The van der Waals surface area contributed by atoms with E-state index in [4.69, 9.17) is 10.8 Å². The van der Waals surface area contributed by atoms with Crippen LogP contribution in [0.15, 0.2) is 0 Å². The summed E-state index contributed by atoms with van der Waals surface area (Å²) in [5, 5.41) is 12.1. The molecule has 4 N–H and O–H groups in total. The lowest BCUT2D eigenvalue weighted by Gasteiger charge is -2.33. The van der Waals surface area contributed by atoms with Gasteiger partial charge in [-0.15, -0.1) is 0 Å². The molecule has 0 radical (unpaired) electrons. The van der Waals surface area contributed by atoms with E-state index in [1.807, 2.05) is 0 Å². The maximum Gasteiger partial charge on any atom is 0.223 e. The highest BCUT2D eigenvalue weighted by atomic mass is 16.3. The molecular formula is C11H20N2O2. The van der Waals surface area contributed by atoms with E-state index in [-0.39, 0.29) is 24.0 Å². The molecule has 0 spiro atoms. The van der Waals surface area contributed by atoms with Crippen LogP contribution >= 0.6 is 0 Å². The summed E-state index contributed by atoms with van der Waals surface area (Å²) in [7, 11) is 0. The molecule has 2 aliphatic carbocycles. The van der Waals surface area contributed by atoms with Crippen LogP contribution in [0.3, 0.4) is 0 Å². The molecule has 0 aliphatic heterocycles. The molecule has 2 unspecified atom stereocenters. The van der Waals surface area contributed by atoms with E-state index in [1.54, 1.807) is 0 Å². The van der Waals surface area contributed by atoms with Crippen molar-refractivity contribution in [1.29, 1.82) is 0 Å². The topological polar surface area (TPSA) is 75.4 Å². The van der Waals surface area contributed by atoms with Crippen molar-refractivity contribution in [2.45, 2.75) is 44.2 Å². The van der Waals surface area contributed by atoms with Crippen LogP contribution in [-0.4, -0.2) is 29.7 Å². The van der Waals surface area contributed by atoms with E-state index >= 15 is 0 Å². The summed E-state index contributed by atoms with van der Waals surface area (Å²) in [6, 6.07) is 0.200. The van der Waals surface area contributed by atoms with E-state index in [0.717, 1.165) is 19.3 Å². The summed E-state index contributed by atoms with van der Waals surface area (Å²) in [5.41, 5.74) is 5.64. The van der Waals surface area contributed by atoms with Crippen LogP contribution in [0.5, 0.6) is 0 Å². The number of nitrogens with one attached hydrogen (secondary N) is 1. The molecule has 2 atom stereocenters. The van der Waals surface area contributed by atoms with E-state index < -0.39 is 0 Å². The number of carbonyl (C=O) groups excluding carboxylic acids is 1. The number of rotatable bonds is 3. The number of hydrogen-bond donors (Lipinski definition) is 3. The van der Waals surface area contributed by atoms with Crippen LogP contribution in [0.4, 0.5) is 0 Å². The number of aliphatic hydroxyl groups excluding tert-OH is 1. The van der Waals surface area contributed by atoms with Gasteiger partial charge in [0.1, 0.15) is 0 Å². The second-order valence-corrected chi connectivity index (χ2v) is 4.86. The molecule has 2 fully saturated rings. The van der Waals surface area contributed by atoms with Crippen LogP contribution in [0, 0.1) is 11.8 Å². The molecule has 2 aliphatic rings. The molecular weight excluding hydrogens is 192 g/mol. The Kier molecular flexibility index (Phi) is 3.26. The molecule has 4 heteroatoms. The van der Waals surface area contributed by atoms with Crippen molar-refractivity contribution in [3.63, 3.8) is 0 Å². The molecule has 1 amide bonds. The molecule has 0 saturated heterocycles. The van der Waals surface area contributed by atoms with Gasteiger partial charge in [0.15, 0.2) is 0 Å². The first kappa shape index (κ1) is 10.9. The molecule has 0 aromatic heterocycles. The molecule has 0 aromatic carbocycles. The fourth-order valence-corrected chi connectivity index (χ4v) is 2.68. The van der Waals surface area contributed by atoms with Gasteiger partial charge < -0.3 is 16.2 Å². The van der Waals surface area contributed by atoms with Gasteiger partial charge in [0.05, 0.1) is 6.10 Å². The second-order valence-electron chi connectivity index (χ2n) is 4.86. The van der Waals surface area contributed by atoms with Crippen LogP contribution in [0.25, 0.3) is 0 Å². The fourth-order valence-electron chi connectivity index (χ4n) is 2.68. The van der Waals surface area contributed by atoms with Gasteiger partial charge in [0.2, 0.25) is 5.91 Å². The zero-order chi connectivity index (χ0) is 10.8. The second kappa shape index (κ2) is 4.49. The number of hydrogen-bond acceptors (Lipinski definition) is 3. The average molecular weight is 212 g/mol. The predicted octanol–water partition coefficient (Wildman–Crippen LogP) is 0.000900. The van der Waals surface area contributed by atoms with Crippen LogP contribution < -0.4 is 11.1 Å². The minimum Gasteiger partial charge on any atom is -0.393 e. The van der Waals surface area contributed by atoms with Crippen molar-refractivity contribution in [3.8, 4) is 0 Å². The van der Waals surface area contributed by atoms with Gasteiger partial charge in [-0.05, 0) is 38.1 Å². The molecule has 2 saturated carbocycles. The van der Waals surface area contributed by atoms with Crippen LogP contribution in [0.2, 0.25) is 0 Å². The summed E-state index contributed by atoms with van der Waals surface area (Å²) < 4.78 is 0. The summed E-state index contributed by atoms with van der Waals surface area (Å²) in [6.45, 7) is 0.616. The third-order valence-electron chi connectivity index (χ3n) is 3.76. The largest absolute Gasteiger partial charge is 0.393 e. The molecule has 0 aromatic rings. The molecule has 0 heterocycles. The zero-order valence-electron chi connectivity index (χ0n) is 8.98. The highest BCUT2D eigenvalue weighted by Crippen LogP contribution is 2.31. The summed E-state index contributed by atoms with van der Waals surface area (Å²) >= 11 is 0. The quantitative estimate of drug-likeness (QED) is 0.616. The first-order valence-electron chi connectivity index (χ1n) is 5.89. The standard InChI is InChI=1S/C11H20N2O2/c12-6-7-2-1-3-10(7)11(15)13-8-4-9(14)5-8/h7-10,14H,1-6,12H2,(H,13,15). The minimum absolute atomic E-state index is 0.118. The number of aliphatic hydroxyl groups is 1. The monoisotopic (exact) mass is 212 g/mol. The van der Waals surface area contributed by atoms with E-state index in [9.17, 15) is 4.79 Å². The summed E-state index contributed by atoms with van der Waals surface area (Å²) in [4.78, 5) is 11.9. The lowest BCUT2D eigenvalue weighted by molar-refractivity contribution is -0.128. The van der Waals surface area contributed by atoms with Crippen molar-refractivity contribution in [2.24, 2.45) is 17.6 Å². The normalized spacial score (nSPS) is 39.9. The first-order chi connectivity index (χ1) is 7.20. The van der Waals surface area contributed by atoms with Crippen molar-refractivity contribution in [2.75, 3.05) is 6.54 Å². The summed E-state index contributed by atoms with van der Waals surface area (Å²) in [6.07, 6.45) is 4.40. The Hall–Kier alpha value is -0.610. The predicted molar refractivity (Wildman–Crippen MR) is 57.1 cm³/mol. The maximum absolute atomic E-state index is 11.9. The first-order valence-corrected chi connectivity index (χ1v) is 5.89. The van der Waals surface area contributed by atoms with Gasteiger partial charge in [0.25, 0.3) is 0 Å². The lowest BCUT2D eigenvalue weighted by atomic mass is 9.88. The molecule has 2 rings (SSSR count). The van der Waals surface area contributed by atoms with Gasteiger partial charge in [0, 0.05) is 12.0 Å². The van der Waals surface area contributed by atoms with Crippen LogP contribution in [-0.2, 0) is 4.79 Å². The number of carbonyl (C=O) groups is 1. The highest BCUT2D eigenvalue weighted by molar-refractivity contribution is 5.79. The number of amides is 1. The van der Waals surface area contributed by atoms with Gasteiger partial charge in [-0.25, -0.2) is 0 Å². The Labute approximate surface area is 90.2 Å². The molecule has 0 bridgehead atoms. The summed E-state index contributed by atoms with van der Waals surface area (Å²) in [5.74, 6) is 0.641. The van der Waals surface area contributed by atoms with Gasteiger partial charge in [-0.2, -0.15) is 0 Å². The average Bonchev–Trinajstić information content (AvgIpc) is 2.62. The van der Waals surface area contributed by atoms with Gasteiger partial charge in [-0.3, -0.25) is 4.79 Å². The van der Waals surface area contributed by atoms with Crippen molar-refractivity contribution < 1.29 is 9.90 Å². The Balaban J connectivity index is 1.80. The fraction of sp³-hybridized carbons (Fsp3) is 0.909. The molecule has 4 nitrogen and oxygen atoms in total. The van der Waals surface area contributed by atoms with Crippen LogP contribution in [0.1, 0.15) is 32.1 Å². The van der Waals surface area contributed by atoms with Crippen molar-refractivity contribution in [3.05, 3.63) is 0 Å². The molecule has 86 valence electrons. The molecule has 15 heavy (non-hydrogen) atoms. The lowest BCUT2D eigenvalue weighted by Crippen LogP contribution is -2.49. The Morgan fingerprint density at radius 3 is 2.73 bits per heavy atom. The van der Waals surface area contributed by atoms with Crippen molar-refractivity contribution >= 4 is 5.91 Å². The third-order valence-corrected chi connectivity index (χ3v) is 3.76. The SMILES string of the molecule is NCC1CCCC1C(=O)NC1CC(O)C1. The van der Waals surface area contributed by atoms with Gasteiger partial charge >= 0.3 is 0 Å². The van der Waals surface area contributed by atoms with Crippen molar-refractivity contribution in [1.82, 2.24) is 5.32 Å². The Morgan fingerprint density at radius 2 is 2.13 bits per heavy atom. The van der Waals surface area contributed by atoms with E-state index in [2.05, 4.69) is 5.32 Å². The third kappa shape index (κ3) is 2.32. The Morgan fingerprint density at radius 1 is 1.40 bits per heavy atom. The zero-order valence-corrected chi connectivity index (χ0v) is 8.98. The van der Waals surface area contributed by atoms with Gasteiger partial charge in [-0.1, -0.05) is 6.42 Å². The minimum atomic E-state index is -0.204. The maximum atomic E-state index is 11.9. The van der Waals surface area contributed by atoms with E-state index in [0.29, 0.717) is 25.3 Å². The Bertz CT molecular complexity index is 239.